The molecule has 6 nitrogen and oxygen atoms in total. The Morgan fingerprint density at radius 3 is 2.50 bits per heavy atom. The fraction of sp³-hybridized carbons (Fsp3) is 0.300. The van der Waals surface area contributed by atoms with Crippen molar-refractivity contribution in [1.82, 2.24) is 0 Å². The number of nitrogens with zero attached hydrogens (tertiary/aromatic N) is 1. The lowest BCUT2D eigenvalue weighted by atomic mass is 10.1. The second kappa shape index (κ2) is 5.59. The molecule has 1 aromatic rings. The molecule has 0 radical (unpaired) electrons. The van der Waals surface area contributed by atoms with E-state index < -0.39 is 27.0 Å². The van der Waals surface area contributed by atoms with Crippen LogP contribution in [0, 0.1) is 6.92 Å². The van der Waals surface area contributed by atoms with Crippen LogP contribution in [-0.4, -0.2) is 35.6 Å². The van der Waals surface area contributed by atoms with Gasteiger partial charge in [0.05, 0.1) is 5.69 Å². The van der Waals surface area contributed by atoms with Crippen LogP contribution >= 0.6 is 0 Å². The van der Waals surface area contributed by atoms with Crippen molar-refractivity contribution in [3.8, 4) is 0 Å². The summed E-state index contributed by atoms with van der Waals surface area (Å²) in [5.41, 5.74) is 0.922. The topological polar surface area (TPSA) is 91.8 Å². The molecule has 0 bridgehead atoms. The molecule has 0 aliphatic heterocycles. The summed E-state index contributed by atoms with van der Waals surface area (Å²) in [6.07, 6.45) is 1.48. The molecule has 0 amide bonds. The van der Waals surface area contributed by atoms with Gasteiger partial charge in [0.15, 0.2) is 16.1 Å². The molecule has 0 spiro atoms. The fourth-order valence-corrected chi connectivity index (χ4v) is 3.28. The summed E-state index contributed by atoms with van der Waals surface area (Å²) in [5, 5.41) is 0. The monoisotopic (exact) mass is 291 g/mol. The number of benzene rings is 1. The van der Waals surface area contributed by atoms with E-state index >= 15 is 0 Å². The Bertz CT molecular complexity index is 582. The van der Waals surface area contributed by atoms with Crippen molar-refractivity contribution in [2.45, 2.75) is 6.92 Å². The van der Waals surface area contributed by atoms with Crippen LogP contribution in [0.2, 0.25) is 0 Å². The lowest BCUT2D eigenvalue weighted by Gasteiger charge is -2.21. The predicted octanol–water partition coefficient (Wildman–Crippen LogP) is 0.753. The smallest absolute Gasteiger partial charge is 0.262 e. The zero-order valence-electron chi connectivity index (χ0n) is 9.86. The van der Waals surface area contributed by atoms with Crippen molar-refractivity contribution in [3.63, 3.8) is 0 Å². The summed E-state index contributed by atoms with van der Waals surface area (Å²) in [6.45, 7) is 1.66. The summed E-state index contributed by atoms with van der Waals surface area (Å²) in [4.78, 5) is 11.0. The van der Waals surface area contributed by atoms with Gasteiger partial charge in [0.1, 0.15) is 5.88 Å². The average molecular weight is 291 g/mol. The number of hydrogen-bond acceptors (Lipinski definition) is 4. The highest BCUT2D eigenvalue weighted by Crippen LogP contribution is 2.23. The molecule has 0 fully saturated rings. The molecule has 0 aliphatic carbocycles. The Hall–Kier alpha value is -1.25. The molecule has 1 aromatic carbocycles. The maximum Gasteiger partial charge on any atom is 0.262 e. The molecule has 0 aliphatic rings. The number of rotatable bonds is 5. The predicted molar refractivity (Wildman–Crippen MR) is 69.5 cm³/mol. The first-order chi connectivity index (χ1) is 8.26. The highest BCUT2D eigenvalue weighted by atomic mass is 32.2. The van der Waals surface area contributed by atoms with E-state index in [4.69, 9.17) is 4.55 Å². The van der Waals surface area contributed by atoms with Gasteiger partial charge in [-0.2, -0.15) is 0 Å². The van der Waals surface area contributed by atoms with Crippen LogP contribution in [-0.2, 0) is 21.1 Å². The molecule has 1 rings (SSSR count). The van der Waals surface area contributed by atoms with E-state index in [1.807, 2.05) is 0 Å². The lowest BCUT2D eigenvalue weighted by Crippen LogP contribution is -2.31. The number of aryl methyl sites for hydroxylation is 1. The van der Waals surface area contributed by atoms with Gasteiger partial charge >= 0.3 is 0 Å². The number of aldehydes is 1. The summed E-state index contributed by atoms with van der Waals surface area (Å²) in [6, 6.07) is 4.67. The van der Waals surface area contributed by atoms with Gasteiger partial charge in [-0.15, -0.1) is 0 Å². The number of carbonyl (C=O) groups is 1. The minimum Gasteiger partial charge on any atom is -0.298 e. The molecule has 8 heteroatoms. The van der Waals surface area contributed by atoms with E-state index in [-0.39, 0.29) is 11.3 Å². The Kier molecular flexibility index (Phi) is 4.60. The first-order valence-electron chi connectivity index (χ1n) is 4.87. The Balaban J connectivity index is 3.35. The summed E-state index contributed by atoms with van der Waals surface area (Å²) in [5.74, 6) is -0.638. The number of hydrogen-bond donors (Lipinski definition) is 1. The molecule has 0 aromatic heterocycles. The zero-order valence-corrected chi connectivity index (χ0v) is 11.5. The standard InChI is InChI=1S/C10H13NO5S2/c1-8-4-3-5-10(9(8)6-12)11(17(13)14)7-18(2,15)16/h3-6H,7H2,1-2H3,(H,13,14). The lowest BCUT2D eigenvalue weighted by molar-refractivity contribution is 0.112. The van der Waals surface area contributed by atoms with Gasteiger partial charge in [0.2, 0.25) is 0 Å². The van der Waals surface area contributed by atoms with Crippen LogP contribution in [0.5, 0.6) is 0 Å². The maximum absolute atomic E-state index is 11.2. The highest BCUT2D eigenvalue weighted by Gasteiger charge is 2.21. The number of carbonyl (C=O) groups excluding carboxylic acids is 1. The van der Waals surface area contributed by atoms with Crippen LogP contribution in [0.15, 0.2) is 18.2 Å². The van der Waals surface area contributed by atoms with E-state index in [2.05, 4.69) is 0 Å². The van der Waals surface area contributed by atoms with Crippen LogP contribution in [0.25, 0.3) is 0 Å². The van der Waals surface area contributed by atoms with E-state index in [0.717, 1.165) is 10.6 Å². The van der Waals surface area contributed by atoms with Crippen molar-refractivity contribution in [1.29, 1.82) is 0 Å². The molecule has 0 saturated heterocycles. The molecule has 0 heterocycles. The Morgan fingerprint density at radius 2 is 2.06 bits per heavy atom. The Morgan fingerprint density at radius 1 is 1.44 bits per heavy atom. The highest BCUT2D eigenvalue weighted by molar-refractivity contribution is 7.92. The SMILES string of the molecule is Cc1cccc(N(CS(C)(=O)=O)S(=O)O)c1C=O. The molecular weight excluding hydrogens is 278 g/mol. The van der Waals surface area contributed by atoms with Gasteiger partial charge in [-0.05, 0) is 18.6 Å². The van der Waals surface area contributed by atoms with Gasteiger partial charge in [-0.25, -0.2) is 12.6 Å². The molecule has 1 unspecified atom stereocenters. The third-order valence-electron chi connectivity index (χ3n) is 2.23. The molecule has 0 saturated carbocycles. The fourth-order valence-electron chi connectivity index (χ4n) is 1.45. The van der Waals surface area contributed by atoms with E-state index in [1.54, 1.807) is 19.1 Å². The Labute approximate surface area is 108 Å². The van der Waals surface area contributed by atoms with Gasteiger partial charge < -0.3 is 0 Å². The van der Waals surface area contributed by atoms with Crippen molar-refractivity contribution >= 4 is 33.1 Å². The van der Waals surface area contributed by atoms with Crippen LogP contribution < -0.4 is 4.31 Å². The minimum absolute atomic E-state index is 0.122. The van der Waals surface area contributed by atoms with Crippen LogP contribution in [0.1, 0.15) is 15.9 Å². The van der Waals surface area contributed by atoms with Crippen molar-refractivity contribution < 1.29 is 22.0 Å². The largest absolute Gasteiger partial charge is 0.298 e. The summed E-state index contributed by atoms with van der Waals surface area (Å²) < 4.78 is 43.6. The van der Waals surface area contributed by atoms with Gasteiger partial charge in [0, 0.05) is 11.8 Å². The van der Waals surface area contributed by atoms with E-state index in [0.29, 0.717) is 11.8 Å². The average Bonchev–Trinajstić information content (AvgIpc) is 2.24. The summed E-state index contributed by atoms with van der Waals surface area (Å²) in [7, 11) is -3.50. The van der Waals surface area contributed by atoms with Crippen LogP contribution in [0.4, 0.5) is 5.69 Å². The van der Waals surface area contributed by atoms with E-state index in [9.17, 15) is 17.4 Å². The number of sulfone groups is 1. The quantitative estimate of drug-likeness (QED) is 0.638. The van der Waals surface area contributed by atoms with Crippen LogP contribution in [0.3, 0.4) is 0 Å². The van der Waals surface area contributed by atoms with Crippen molar-refractivity contribution in [2.75, 3.05) is 16.4 Å². The third-order valence-corrected chi connectivity index (χ3v) is 3.82. The second-order valence-corrected chi connectivity index (χ2v) is 6.80. The molecular formula is C10H13NO5S2. The van der Waals surface area contributed by atoms with E-state index in [1.165, 1.54) is 6.07 Å². The minimum atomic E-state index is -3.50. The first-order valence-corrected chi connectivity index (χ1v) is 7.99. The van der Waals surface area contributed by atoms with Gasteiger partial charge in [-0.3, -0.25) is 13.7 Å². The molecule has 1 atom stereocenters. The maximum atomic E-state index is 11.2. The summed E-state index contributed by atoms with van der Waals surface area (Å²) >= 11 is -2.53. The first kappa shape index (κ1) is 14.8. The molecule has 18 heavy (non-hydrogen) atoms. The van der Waals surface area contributed by atoms with Gasteiger partial charge in [0.25, 0.3) is 11.3 Å². The third kappa shape index (κ3) is 3.62. The van der Waals surface area contributed by atoms with Crippen molar-refractivity contribution in [2.24, 2.45) is 0 Å². The molecule has 1 N–H and O–H groups in total. The molecule has 100 valence electrons. The van der Waals surface area contributed by atoms with Gasteiger partial charge in [-0.1, -0.05) is 12.1 Å². The van der Waals surface area contributed by atoms with Crippen molar-refractivity contribution in [3.05, 3.63) is 29.3 Å². The number of anilines is 1. The zero-order chi connectivity index (χ0) is 13.9. The normalized spacial score (nSPS) is 13.1. The second-order valence-electron chi connectivity index (χ2n) is 3.79.